The van der Waals surface area contributed by atoms with E-state index in [-0.39, 0.29) is 36.5 Å². The molecule has 0 bridgehead atoms. The van der Waals surface area contributed by atoms with Gasteiger partial charge in [-0.3, -0.25) is 14.4 Å². The molecule has 2 aromatic carbocycles. The number of rotatable bonds is 9. The number of carbonyl (C=O) groups excluding carboxylic acids is 3. The van der Waals surface area contributed by atoms with Gasteiger partial charge < -0.3 is 24.1 Å². The van der Waals surface area contributed by atoms with Crippen LogP contribution in [0.4, 0.5) is 0 Å². The van der Waals surface area contributed by atoms with Crippen molar-refractivity contribution >= 4 is 40.3 Å². The Kier molecular flexibility index (Phi) is 8.76. The third kappa shape index (κ3) is 5.83. The summed E-state index contributed by atoms with van der Waals surface area (Å²) < 4.78 is 18.3. The number of fused-ring (bicyclic) bond motifs is 1. The molecular weight excluding hydrogens is 556 g/mol. The van der Waals surface area contributed by atoms with Gasteiger partial charge in [0.2, 0.25) is 0 Å². The van der Waals surface area contributed by atoms with Crippen molar-refractivity contribution in [3.63, 3.8) is 0 Å². The Morgan fingerprint density at radius 1 is 1.14 bits per heavy atom. The van der Waals surface area contributed by atoms with Crippen LogP contribution in [-0.4, -0.2) is 48.3 Å². The molecular formula is C33H37ClN2O6. The van der Waals surface area contributed by atoms with Crippen molar-refractivity contribution in [2.75, 3.05) is 19.8 Å². The number of esters is 2. The lowest BCUT2D eigenvalue weighted by atomic mass is 9.75. The minimum Gasteiger partial charge on any atom is -0.463 e. The van der Waals surface area contributed by atoms with Gasteiger partial charge in [0.15, 0.2) is 0 Å². The average molecular weight is 593 g/mol. The van der Waals surface area contributed by atoms with Crippen LogP contribution in [0.2, 0.25) is 5.02 Å². The molecule has 2 heterocycles. The summed E-state index contributed by atoms with van der Waals surface area (Å²) in [4.78, 5) is 38.2. The molecule has 0 spiro atoms. The first-order chi connectivity index (χ1) is 20.1. The Morgan fingerprint density at radius 3 is 2.43 bits per heavy atom. The molecule has 5 rings (SSSR count). The van der Waals surface area contributed by atoms with Crippen LogP contribution in [-0.2, 0) is 36.4 Å². The van der Waals surface area contributed by atoms with Gasteiger partial charge in [-0.1, -0.05) is 54.6 Å². The molecule has 42 heavy (non-hydrogen) atoms. The van der Waals surface area contributed by atoms with Crippen LogP contribution >= 0.6 is 11.6 Å². The number of nitrogens with one attached hydrogen (secondary N) is 1. The molecule has 1 aromatic heterocycles. The van der Waals surface area contributed by atoms with Crippen molar-refractivity contribution in [1.29, 1.82) is 0 Å². The number of nitrogens with zero attached hydrogens (tertiary/aromatic N) is 1. The number of aryl methyl sites for hydroxylation is 2. The van der Waals surface area contributed by atoms with Crippen LogP contribution in [0.15, 0.2) is 55.1 Å². The number of amides is 1. The van der Waals surface area contributed by atoms with Crippen LogP contribution < -0.4 is 5.32 Å². The topological polar surface area (TPSA) is 95.9 Å². The van der Waals surface area contributed by atoms with Crippen molar-refractivity contribution < 1.29 is 28.6 Å². The van der Waals surface area contributed by atoms with Crippen LogP contribution in [0, 0.1) is 12.8 Å². The number of carbonyl (C=O) groups is 3. The van der Waals surface area contributed by atoms with E-state index in [4.69, 9.17) is 25.8 Å². The van der Waals surface area contributed by atoms with E-state index in [0.29, 0.717) is 36.8 Å². The van der Waals surface area contributed by atoms with Gasteiger partial charge in [0, 0.05) is 24.9 Å². The van der Waals surface area contributed by atoms with Gasteiger partial charge in [-0.15, -0.1) is 0 Å². The summed E-state index contributed by atoms with van der Waals surface area (Å²) in [6.07, 6.45) is 4.35. The standard InChI is InChI=1S/C33H37ClN2O6/c1-5-16-41-32(39)29(23-9-13-25(14-10-23)42-21(3)37)22-7-11-24(12-8-22)33(18-40-19-33)35-31(38)28-17-26-27(36(28)4)15-6-20(2)30(26)34/h5-8,11-12,15,17,23,25,29H,1,9-10,13-14,16,18-19H2,2-4H3,(H,35,38). The van der Waals surface area contributed by atoms with Crippen LogP contribution in [0.1, 0.15) is 65.7 Å². The van der Waals surface area contributed by atoms with Gasteiger partial charge in [0.25, 0.3) is 5.91 Å². The monoisotopic (exact) mass is 592 g/mol. The average Bonchev–Trinajstić information content (AvgIpc) is 3.29. The lowest BCUT2D eigenvalue weighted by molar-refractivity contribution is -0.151. The second-order valence-electron chi connectivity index (χ2n) is 11.4. The second kappa shape index (κ2) is 12.3. The highest BCUT2D eigenvalue weighted by Crippen LogP contribution is 2.39. The highest BCUT2D eigenvalue weighted by molar-refractivity contribution is 6.36. The molecule has 1 saturated carbocycles. The molecule has 2 fully saturated rings. The van der Waals surface area contributed by atoms with E-state index >= 15 is 0 Å². The lowest BCUT2D eigenvalue weighted by Crippen LogP contribution is -2.59. The third-order valence-corrected chi connectivity index (χ3v) is 9.08. The van der Waals surface area contributed by atoms with E-state index in [1.54, 1.807) is 6.08 Å². The number of halogens is 1. The molecule has 1 unspecified atom stereocenters. The summed E-state index contributed by atoms with van der Waals surface area (Å²) in [6.45, 7) is 7.84. The van der Waals surface area contributed by atoms with Crippen molar-refractivity contribution in [3.05, 3.63) is 82.5 Å². The molecule has 3 aromatic rings. The Hall–Kier alpha value is -3.62. The van der Waals surface area contributed by atoms with Crippen molar-refractivity contribution in [2.45, 2.75) is 57.1 Å². The summed E-state index contributed by atoms with van der Waals surface area (Å²) in [6, 6.07) is 13.5. The molecule has 222 valence electrons. The van der Waals surface area contributed by atoms with Gasteiger partial charge in [-0.2, -0.15) is 0 Å². The van der Waals surface area contributed by atoms with Crippen LogP contribution in [0.25, 0.3) is 10.9 Å². The number of benzene rings is 2. The largest absolute Gasteiger partial charge is 0.463 e. The normalized spacial score (nSPS) is 20.3. The van der Waals surface area contributed by atoms with E-state index in [1.165, 1.54) is 6.92 Å². The Bertz CT molecular complexity index is 1500. The maximum atomic E-state index is 13.5. The molecule has 1 N–H and O–H groups in total. The maximum Gasteiger partial charge on any atom is 0.314 e. The highest BCUT2D eigenvalue weighted by atomic mass is 35.5. The van der Waals surface area contributed by atoms with Gasteiger partial charge in [-0.05, 0) is 67.3 Å². The quantitative estimate of drug-likeness (QED) is 0.252. The molecule has 1 aliphatic carbocycles. The summed E-state index contributed by atoms with van der Waals surface area (Å²) in [7, 11) is 1.85. The van der Waals surface area contributed by atoms with E-state index in [1.807, 2.05) is 61.0 Å². The first-order valence-electron chi connectivity index (χ1n) is 14.3. The summed E-state index contributed by atoms with van der Waals surface area (Å²) in [5.41, 5.74) is 3.41. The first-order valence-corrected chi connectivity index (χ1v) is 14.7. The minimum atomic E-state index is -0.688. The SMILES string of the molecule is C=CCOC(=O)C(c1ccc(C2(NC(=O)c3cc4c(Cl)c(C)ccc4n3C)COC2)cc1)C1CCC(OC(C)=O)CC1. The summed E-state index contributed by atoms with van der Waals surface area (Å²) in [5.74, 6) is -1.19. The van der Waals surface area contributed by atoms with Gasteiger partial charge in [0.1, 0.15) is 23.9 Å². The van der Waals surface area contributed by atoms with Gasteiger partial charge in [-0.25, -0.2) is 0 Å². The molecule has 1 aliphatic heterocycles. The molecule has 0 radical (unpaired) electrons. The van der Waals surface area contributed by atoms with Crippen molar-refractivity contribution in [2.24, 2.45) is 13.0 Å². The summed E-state index contributed by atoms with van der Waals surface area (Å²) >= 11 is 6.53. The fourth-order valence-corrected chi connectivity index (χ4v) is 6.43. The van der Waals surface area contributed by atoms with Crippen LogP contribution in [0.3, 0.4) is 0 Å². The van der Waals surface area contributed by atoms with Crippen molar-refractivity contribution in [1.82, 2.24) is 9.88 Å². The fraction of sp³-hybridized carbons (Fsp3) is 0.424. The number of hydrogen-bond acceptors (Lipinski definition) is 6. The predicted molar refractivity (Wildman–Crippen MR) is 160 cm³/mol. The van der Waals surface area contributed by atoms with Crippen LogP contribution in [0.5, 0.6) is 0 Å². The van der Waals surface area contributed by atoms with E-state index in [9.17, 15) is 14.4 Å². The second-order valence-corrected chi connectivity index (χ2v) is 11.8. The van der Waals surface area contributed by atoms with Gasteiger partial charge >= 0.3 is 11.9 Å². The Balaban J connectivity index is 1.36. The van der Waals surface area contributed by atoms with E-state index < -0.39 is 11.5 Å². The fourth-order valence-electron chi connectivity index (χ4n) is 6.22. The lowest BCUT2D eigenvalue weighted by Gasteiger charge is -2.42. The Morgan fingerprint density at radius 2 is 1.83 bits per heavy atom. The first kappa shape index (κ1) is 29.9. The van der Waals surface area contributed by atoms with Crippen molar-refractivity contribution in [3.8, 4) is 0 Å². The summed E-state index contributed by atoms with van der Waals surface area (Å²) in [5, 5.41) is 4.69. The number of ether oxygens (including phenoxy) is 3. The predicted octanol–water partition coefficient (Wildman–Crippen LogP) is 5.73. The smallest absolute Gasteiger partial charge is 0.314 e. The molecule has 9 heteroatoms. The zero-order chi connectivity index (χ0) is 30.0. The minimum absolute atomic E-state index is 0.0580. The molecule has 2 aliphatic rings. The third-order valence-electron chi connectivity index (χ3n) is 8.58. The highest BCUT2D eigenvalue weighted by Gasteiger charge is 2.43. The molecule has 1 saturated heterocycles. The van der Waals surface area contributed by atoms with E-state index in [2.05, 4.69) is 11.9 Å². The molecule has 1 atom stereocenters. The number of hydrogen-bond donors (Lipinski definition) is 1. The maximum absolute atomic E-state index is 13.5. The van der Waals surface area contributed by atoms with Gasteiger partial charge in [0.05, 0.1) is 24.2 Å². The Labute approximate surface area is 251 Å². The molecule has 1 amide bonds. The zero-order valence-corrected chi connectivity index (χ0v) is 25.0. The zero-order valence-electron chi connectivity index (χ0n) is 24.3. The molecule has 8 nitrogen and oxygen atoms in total. The van der Waals surface area contributed by atoms with E-state index in [0.717, 1.165) is 40.4 Å². The number of aromatic nitrogens is 1.